The number of aliphatic hydroxyl groups excluding tert-OH is 1. The molecule has 2 heterocycles. The van der Waals surface area contributed by atoms with Crippen molar-refractivity contribution in [1.29, 1.82) is 0 Å². The van der Waals surface area contributed by atoms with Gasteiger partial charge in [-0.25, -0.2) is 4.79 Å². The van der Waals surface area contributed by atoms with Crippen molar-refractivity contribution in [2.45, 2.75) is 57.1 Å². The third-order valence-electron chi connectivity index (χ3n) is 5.22. The molecule has 124 valence electrons. The summed E-state index contributed by atoms with van der Waals surface area (Å²) < 4.78 is 6.90. The summed E-state index contributed by atoms with van der Waals surface area (Å²) in [4.78, 5) is 15.9. The second-order valence-electron chi connectivity index (χ2n) is 6.58. The summed E-state index contributed by atoms with van der Waals surface area (Å²) >= 11 is 0. The summed E-state index contributed by atoms with van der Waals surface area (Å²) in [6, 6.07) is 0. The smallest absolute Gasteiger partial charge is 0.351 e. The first-order chi connectivity index (χ1) is 9.84. The molecule has 0 radical (unpaired) electrons. The molecule has 0 bridgehead atoms. The van der Waals surface area contributed by atoms with E-state index in [0.29, 0.717) is 5.56 Å². The molecule has 8 nitrogen and oxygen atoms in total. The highest BCUT2D eigenvalue weighted by Gasteiger charge is 2.72. The number of aryl methyl sites for hydroxylation is 1. The van der Waals surface area contributed by atoms with Crippen molar-refractivity contribution in [3.63, 3.8) is 0 Å². The second-order valence-corrected chi connectivity index (χ2v) is 6.58. The van der Waals surface area contributed by atoms with Crippen molar-refractivity contribution < 1.29 is 20.1 Å². The van der Waals surface area contributed by atoms with Crippen LogP contribution in [0.5, 0.6) is 0 Å². The largest absolute Gasteiger partial charge is 0.393 e. The van der Waals surface area contributed by atoms with E-state index >= 15 is 0 Å². The second kappa shape index (κ2) is 4.51. The third-order valence-corrected chi connectivity index (χ3v) is 5.22. The number of hydrogen-bond acceptors (Lipinski definition) is 7. The maximum atomic E-state index is 12.2. The number of nitrogen functional groups attached to an aromatic ring is 1. The molecule has 1 aromatic heterocycles. The zero-order chi connectivity index (χ0) is 17.1. The molecule has 4 unspecified atom stereocenters. The average Bonchev–Trinajstić information content (AvgIpc) is 2.51. The minimum Gasteiger partial charge on any atom is -0.393 e. The van der Waals surface area contributed by atoms with Crippen LogP contribution >= 0.6 is 0 Å². The Morgan fingerprint density at radius 2 is 1.82 bits per heavy atom. The normalized spacial score (nSPS) is 41.8. The van der Waals surface area contributed by atoms with Gasteiger partial charge in [-0.05, 0) is 34.6 Å². The van der Waals surface area contributed by atoms with Crippen LogP contribution < -0.4 is 11.4 Å². The lowest BCUT2D eigenvalue weighted by atomic mass is 9.73. The Hall–Kier alpha value is -1.48. The Morgan fingerprint density at radius 3 is 2.27 bits per heavy atom. The van der Waals surface area contributed by atoms with Crippen LogP contribution in [0.4, 0.5) is 5.82 Å². The first kappa shape index (κ1) is 16.9. The lowest BCUT2D eigenvalue weighted by Crippen LogP contribution is -2.64. The number of anilines is 1. The van der Waals surface area contributed by atoms with E-state index in [2.05, 4.69) is 4.98 Å². The van der Waals surface area contributed by atoms with E-state index in [1.807, 2.05) is 0 Å². The first-order valence-electron chi connectivity index (χ1n) is 6.96. The third kappa shape index (κ3) is 1.78. The number of hydrogen-bond donors (Lipinski definition) is 4. The predicted molar refractivity (Wildman–Crippen MR) is 79.1 cm³/mol. The molecule has 1 saturated heterocycles. The topological polar surface area (TPSA) is 131 Å². The van der Waals surface area contributed by atoms with Crippen molar-refractivity contribution in [2.24, 2.45) is 0 Å². The molecule has 0 amide bonds. The van der Waals surface area contributed by atoms with Gasteiger partial charge in [0.05, 0.1) is 6.61 Å². The van der Waals surface area contributed by atoms with Crippen LogP contribution in [0.2, 0.25) is 0 Å². The molecule has 8 heteroatoms. The fourth-order valence-corrected chi connectivity index (χ4v) is 2.94. The van der Waals surface area contributed by atoms with Gasteiger partial charge < -0.3 is 25.8 Å². The Balaban J connectivity index is 2.75. The maximum absolute atomic E-state index is 12.2. The summed E-state index contributed by atoms with van der Waals surface area (Å²) in [7, 11) is 0. The summed E-state index contributed by atoms with van der Waals surface area (Å²) in [5.74, 6) is 0.0826. The van der Waals surface area contributed by atoms with Gasteiger partial charge >= 0.3 is 5.69 Å². The van der Waals surface area contributed by atoms with Crippen LogP contribution in [0.3, 0.4) is 0 Å². The van der Waals surface area contributed by atoms with Crippen molar-refractivity contribution in [3.05, 3.63) is 22.2 Å². The van der Waals surface area contributed by atoms with E-state index in [0.717, 1.165) is 4.57 Å². The molecule has 4 atom stereocenters. The van der Waals surface area contributed by atoms with Gasteiger partial charge in [0.25, 0.3) is 0 Å². The standard InChI is InChI=1S/C14H23N3O5/c1-8-6-17(10(19)16-9(8)15)14(5)13(4,21)12(3,20)11(2,7-18)22-14/h6,18,20-21H,7H2,1-5H3,(H2,15,16,19). The summed E-state index contributed by atoms with van der Waals surface area (Å²) in [5, 5.41) is 31.3. The van der Waals surface area contributed by atoms with E-state index in [9.17, 15) is 20.1 Å². The zero-order valence-electron chi connectivity index (χ0n) is 13.4. The van der Waals surface area contributed by atoms with Gasteiger partial charge in [0.15, 0.2) is 5.72 Å². The van der Waals surface area contributed by atoms with Crippen molar-refractivity contribution in [2.75, 3.05) is 12.3 Å². The van der Waals surface area contributed by atoms with E-state index in [-0.39, 0.29) is 5.82 Å². The van der Waals surface area contributed by atoms with Gasteiger partial charge in [-0.1, -0.05) is 0 Å². The lowest BCUT2D eigenvalue weighted by Gasteiger charge is -2.42. The van der Waals surface area contributed by atoms with Gasteiger partial charge in [-0.15, -0.1) is 0 Å². The maximum Gasteiger partial charge on any atom is 0.351 e. The van der Waals surface area contributed by atoms with Gasteiger partial charge in [-0.3, -0.25) is 4.57 Å². The van der Waals surface area contributed by atoms with E-state index in [1.54, 1.807) is 6.92 Å². The molecule has 0 aliphatic carbocycles. The van der Waals surface area contributed by atoms with Crippen LogP contribution in [0.25, 0.3) is 0 Å². The highest BCUT2D eigenvalue weighted by molar-refractivity contribution is 5.35. The molecule has 22 heavy (non-hydrogen) atoms. The number of nitrogens with two attached hydrogens (primary N) is 1. The Labute approximate surface area is 128 Å². The molecule has 0 saturated carbocycles. The molecule has 1 aliphatic heterocycles. The Kier molecular flexibility index (Phi) is 3.46. The van der Waals surface area contributed by atoms with Gasteiger partial charge in [0.2, 0.25) is 0 Å². The van der Waals surface area contributed by atoms with E-state index < -0.39 is 34.8 Å². The predicted octanol–water partition coefficient (Wildman–Crippen LogP) is -0.910. The Bertz CT molecular complexity index is 669. The fourth-order valence-electron chi connectivity index (χ4n) is 2.94. The lowest BCUT2D eigenvalue weighted by molar-refractivity contribution is -0.196. The van der Waals surface area contributed by atoms with Crippen molar-refractivity contribution in [3.8, 4) is 0 Å². The number of aliphatic hydroxyl groups is 3. The van der Waals surface area contributed by atoms with E-state index in [1.165, 1.54) is 33.9 Å². The van der Waals surface area contributed by atoms with Crippen LogP contribution in [-0.2, 0) is 10.5 Å². The highest BCUT2D eigenvalue weighted by Crippen LogP contribution is 2.53. The zero-order valence-corrected chi connectivity index (χ0v) is 13.4. The number of ether oxygens (including phenoxy) is 1. The molecule has 1 aromatic rings. The molecule has 2 rings (SSSR count). The minimum absolute atomic E-state index is 0.0826. The molecule has 0 aromatic carbocycles. The SMILES string of the molecule is Cc1cn(C2(C)OC(C)(CO)C(C)(O)C2(C)O)c(=O)nc1N. The van der Waals surface area contributed by atoms with Crippen LogP contribution in [0.15, 0.2) is 11.0 Å². The van der Waals surface area contributed by atoms with Crippen LogP contribution in [-0.4, -0.2) is 48.3 Å². The fraction of sp³-hybridized carbons (Fsp3) is 0.714. The average molecular weight is 313 g/mol. The summed E-state index contributed by atoms with van der Waals surface area (Å²) in [6.45, 7) is 6.76. The molecular weight excluding hydrogens is 290 g/mol. The Morgan fingerprint density at radius 1 is 1.27 bits per heavy atom. The molecular formula is C14H23N3O5. The number of nitrogens with zero attached hydrogens (tertiary/aromatic N) is 2. The number of aromatic nitrogens is 2. The van der Waals surface area contributed by atoms with Crippen molar-refractivity contribution >= 4 is 5.82 Å². The highest BCUT2D eigenvalue weighted by atomic mass is 16.6. The van der Waals surface area contributed by atoms with E-state index in [4.69, 9.17) is 10.5 Å². The molecule has 1 fully saturated rings. The van der Waals surface area contributed by atoms with Crippen LogP contribution in [0, 0.1) is 6.92 Å². The molecule has 1 aliphatic rings. The summed E-state index contributed by atoms with van der Waals surface area (Å²) in [6.07, 6.45) is 1.42. The molecule has 5 N–H and O–H groups in total. The monoisotopic (exact) mass is 313 g/mol. The van der Waals surface area contributed by atoms with Crippen LogP contribution in [0.1, 0.15) is 33.3 Å². The van der Waals surface area contributed by atoms with Gasteiger partial charge in [0.1, 0.15) is 22.6 Å². The minimum atomic E-state index is -1.88. The molecule has 0 spiro atoms. The first-order valence-corrected chi connectivity index (χ1v) is 6.96. The van der Waals surface area contributed by atoms with Crippen molar-refractivity contribution in [1.82, 2.24) is 9.55 Å². The van der Waals surface area contributed by atoms with Gasteiger partial charge in [0, 0.05) is 11.8 Å². The van der Waals surface area contributed by atoms with Gasteiger partial charge in [-0.2, -0.15) is 4.98 Å². The quantitative estimate of drug-likeness (QED) is 0.556. The summed E-state index contributed by atoms with van der Waals surface area (Å²) in [5.41, 5.74) is -1.40. The number of rotatable bonds is 2.